The van der Waals surface area contributed by atoms with E-state index in [1.807, 2.05) is 0 Å². The number of piperidine rings is 1. The molecule has 0 N–H and O–H groups in total. The summed E-state index contributed by atoms with van der Waals surface area (Å²) in [4.78, 5) is 2.62. The molecule has 1 nitrogen and oxygen atoms in total. The van der Waals surface area contributed by atoms with Gasteiger partial charge >= 0.3 is 0 Å². The van der Waals surface area contributed by atoms with Gasteiger partial charge in [0.15, 0.2) is 0 Å². The molecule has 0 radical (unpaired) electrons. The van der Waals surface area contributed by atoms with E-state index in [-0.39, 0.29) is 0 Å². The predicted molar refractivity (Wildman–Crippen MR) is 75.4 cm³/mol. The van der Waals surface area contributed by atoms with Crippen LogP contribution < -0.4 is 0 Å². The lowest BCUT2D eigenvalue weighted by Crippen LogP contribution is -2.47. The van der Waals surface area contributed by atoms with E-state index in [0.29, 0.717) is 10.8 Å². The van der Waals surface area contributed by atoms with Crippen LogP contribution in [0.1, 0.15) is 40.5 Å². The van der Waals surface area contributed by atoms with Gasteiger partial charge in [-0.2, -0.15) is 0 Å². The van der Waals surface area contributed by atoms with Crippen LogP contribution >= 0.6 is 34.4 Å². The van der Waals surface area contributed by atoms with Crippen LogP contribution in [-0.4, -0.2) is 32.0 Å². The number of nitrogens with zero attached hydrogens (tertiary/aromatic N) is 1. The Bertz CT molecular complexity index is 184. The van der Waals surface area contributed by atoms with Crippen LogP contribution in [0.2, 0.25) is 0 Å². The summed E-state index contributed by atoms with van der Waals surface area (Å²) in [6.45, 7) is 11.9. The van der Waals surface area contributed by atoms with Gasteiger partial charge in [0.1, 0.15) is 0 Å². The third-order valence-electron chi connectivity index (χ3n) is 2.87. The molecule has 1 saturated heterocycles. The van der Waals surface area contributed by atoms with Crippen LogP contribution in [0, 0.1) is 0 Å². The Morgan fingerprint density at radius 2 is 2.00 bits per heavy atom. The zero-order chi connectivity index (χ0) is 10.8. The Kier molecular flexibility index (Phi) is 5.05. The highest BCUT2D eigenvalue weighted by Crippen LogP contribution is 2.39. The highest BCUT2D eigenvalue weighted by Gasteiger charge is 2.33. The van der Waals surface area contributed by atoms with E-state index in [9.17, 15) is 0 Å². The van der Waals surface area contributed by atoms with Crippen molar-refractivity contribution in [2.75, 3.05) is 13.1 Å². The Balaban J connectivity index is 2.53. The number of halogens is 1. The lowest BCUT2D eigenvalue weighted by atomic mass is 9.98. The molecule has 0 saturated carbocycles. The van der Waals surface area contributed by atoms with Crippen LogP contribution in [-0.2, 0) is 0 Å². The monoisotopic (exact) mass is 327 g/mol. The first-order valence-corrected chi connectivity index (χ1v) is 7.61. The fraction of sp³-hybridized carbons (Fsp3) is 1.00. The zero-order valence-electron chi connectivity index (χ0n) is 9.72. The van der Waals surface area contributed by atoms with Crippen molar-refractivity contribution < 1.29 is 0 Å². The van der Waals surface area contributed by atoms with Crippen LogP contribution in [0.15, 0.2) is 0 Å². The highest BCUT2D eigenvalue weighted by molar-refractivity contribution is 14.1. The van der Waals surface area contributed by atoms with E-state index < -0.39 is 0 Å². The van der Waals surface area contributed by atoms with Crippen molar-refractivity contribution in [1.29, 1.82) is 0 Å². The summed E-state index contributed by atoms with van der Waals surface area (Å²) in [6.07, 6.45) is 2.75. The average molecular weight is 327 g/mol. The fourth-order valence-electron chi connectivity index (χ4n) is 2.17. The number of thioether (sulfide) groups is 1. The summed E-state index contributed by atoms with van der Waals surface area (Å²) in [5.74, 6) is 0. The second-order valence-corrected chi connectivity index (χ2v) is 9.42. The summed E-state index contributed by atoms with van der Waals surface area (Å²) >= 11 is 4.67. The molecule has 0 spiro atoms. The lowest BCUT2D eigenvalue weighted by molar-refractivity contribution is 0.161. The van der Waals surface area contributed by atoms with Gasteiger partial charge in [-0.05, 0) is 47.1 Å². The third-order valence-corrected chi connectivity index (χ3v) is 4.86. The normalized spacial score (nSPS) is 32.1. The SMILES string of the molecule is CC(I)SC1(C)CCCN(C(C)C)C1. The first-order valence-electron chi connectivity index (χ1n) is 5.49. The topological polar surface area (TPSA) is 3.24 Å². The van der Waals surface area contributed by atoms with Crippen LogP contribution in [0.3, 0.4) is 0 Å². The molecule has 1 rings (SSSR count). The van der Waals surface area contributed by atoms with Gasteiger partial charge in [0, 0.05) is 17.3 Å². The smallest absolute Gasteiger partial charge is 0.0542 e. The average Bonchev–Trinajstić information content (AvgIpc) is 2.01. The molecule has 3 heteroatoms. The molecule has 1 heterocycles. The zero-order valence-corrected chi connectivity index (χ0v) is 12.7. The fourth-order valence-corrected chi connectivity index (χ4v) is 5.30. The minimum absolute atomic E-state index is 0.489. The van der Waals surface area contributed by atoms with Gasteiger partial charge in [-0.15, -0.1) is 11.8 Å². The van der Waals surface area contributed by atoms with Crippen molar-refractivity contribution in [3.63, 3.8) is 0 Å². The van der Waals surface area contributed by atoms with Gasteiger partial charge in [-0.25, -0.2) is 0 Å². The number of hydrogen-bond acceptors (Lipinski definition) is 2. The standard InChI is InChI=1S/C11H22INS/c1-9(2)13-7-5-6-11(4,8-13)14-10(3)12/h9-10H,5-8H2,1-4H3. The maximum absolute atomic E-state index is 2.62. The van der Waals surface area contributed by atoms with Gasteiger partial charge in [-0.1, -0.05) is 22.6 Å². The largest absolute Gasteiger partial charge is 0.300 e. The summed E-state index contributed by atoms with van der Waals surface area (Å²) in [5.41, 5.74) is 0. The summed E-state index contributed by atoms with van der Waals surface area (Å²) in [7, 11) is 0. The Morgan fingerprint density at radius 1 is 1.36 bits per heavy atom. The molecule has 2 unspecified atom stereocenters. The molecule has 0 aromatic rings. The first-order chi connectivity index (χ1) is 6.43. The van der Waals surface area contributed by atoms with Crippen LogP contribution in [0.4, 0.5) is 0 Å². The molecule has 2 atom stereocenters. The van der Waals surface area contributed by atoms with E-state index in [0.717, 1.165) is 3.26 Å². The number of likely N-dealkylation sites (tertiary alicyclic amines) is 1. The second-order valence-electron chi connectivity index (χ2n) is 4.78. The van der Waals surface area contributed by atoms with Gasteiger partial charge in [-0.3, -0.25) is 4.90 Å². The molecule has 84 valence electrons. The molecule has 1 fully saturated rings. The minimum Gasteiger partial charge on any atom is -0.300 e. The summed E-state index contributed by atoms with van der Waals surface area (Å²) in [5, 5.41) is 0. The number of hydrogen-bond donors (Lipinski definition) is 0. The number of alkyl halides is 1. The van der Waals surface area contributed by atoms with Gasteiger partial charge in [0.25, 0.3) is 0 Å². The van der Waals surface area contributed by atoms with E-state index in [1.165, 1.54) is 25.9 Å². The lowest BCUT2D eigenvalue weighted by Gasteiger charge is -2.42. The Hall–Kier alpha value is 1.04. The van der Waals surface area contributed by atoms with Gasteiger partial charge in [0.2, 0.25) is 0 Å². The van der Waals surface area contributed by atoms with Crippen LogP contribution in [0.25, 0.3) is 0 Å². The van der Waals surface area contributed by atoms with Crippen molar-refractivity contribution in [2.24, 2.45) is 0 Å². The second kappa shape index (κ2) is 5.39. The predicted octanol–water partition coefficient (Wildman–Crippen LogP) is 3.76. The van der Waals surface area contributed by atoms with Crippen molar-refractivity contribution in [3.8, 4) is 0 Å². The number of rotatable bonds is 3. The maximum atomic E-state index is 2.62. The van der Waals surface area contributed by atoms with Crippen LogP contribution in [0.5, 0.6) is 0 Å². The molecule has 0 aromatic heterocycles. The van der Waals surface area contributed by atoms with Crippen molar-refractivity contribution in [2.45, 2.75) is 54.6 Å². The minimum atomic E-state index is 0.489. The molecule has 1 aliphatic rings. The Morgan fingerprint density at radius 3 is 2.50 bits per heavy atom. The summed E-state index contributed by atoms with van der Waals surface area (Å²) < 4.78 is 1.22. The quantitative estimate of drug-likeness (QED) is 0.573. The van der Waals surface area contributed by atoms with Gasteiger partial charge < -0.3 is 0 Å². The highest BCUT2D eigenvalue weighted by atomic mass is 127. The molecule has 0 aromatic carbocycles. The molecule has 0 amide bonds. The van der Waals surface area contributed by atoms with Crippen molar-refractivity contribution >= 4 is 34.4 Å². The Labute approximate surface area is 107 Å². The third kappa shape index (κ3) is 3.89. The maximum Gasteiger partial charge on any atom is 0.0542 e. The van der Waals surface area contributed by atoms with E-state index >= 15 is 0 Å². The molecular formula is C11H22INS. The van der Waals surface area contributed by atoms with Crippen molar-refractivity contribution in [1.82, 2.24) is 4.90 Å². The van der Waals surface area contributed by atoms with Crippen molar-refractivity contribution in [3.05, 3.63) is 0 Å². The molecule has 0 aliphatic carbocycles. The van der Waals surface area contributed by atoms with E-state index in [1.54, 1.807) is 0 Å². The summed E-state index contributed by atoms with van der Waals surface area (Å²) in [6, 6.07) is 0.708. The molecule has 0 bridgehead atoms. The first kappa shape index (κ1) is 13.1. The molecular weight excluding hydrogens is 305 g/mol. The molecule has 14 heavy (non-hydrogen) atoms. The van der Waals surface area contributed by atoms with Gasteiger partial charge in [0.05, 0.1) is 3.26 Å². The van der Waals surface area contributed by atoms with E-state index in [2.05, 4.69) is 66.9 Å². The van der Waals surface area contributed by atoms with E-state index in [4.69, 9.17) is 0 Å². The molecule has 1 aliphatic heterocycles.